The number of benzene rings is 1. The molecule has 1 aliphatic carbocycles. The summed E-state index contributed by atoms with van der Waals surface area (Å²) >= 11 is 6.23. The van der Waals surface area contributed by atoms with Gasteiger partial charge >= 0.3 is 0 Å². The van der Waals surface area contributed by atoms with Crippen LogP contribution < -0.4 is 16.4 Å². The Hall–Kier alpha value is -1.30. The van der Waals surface area contributed by atoms with Gasteiger partial charge in [0.05, 0.1) is 16.1 Å². The van der Waals surface area contributed by atoms with Crippen molar-refractivity contribution in [2.45, 2.75) is 64.0 Å². The number of nitrogens with one attached hydrogen (secondary N) is 2. The highest BCUT2D eigenvalue weighted by Crippen LogP contribution is 2.29. The number of hydrogen-bond acceptors (Lipinski definition) is 3. The van der Waals surface area contributed by atoms with Crippen LogP contribution in [0.5, 0.6) is 0 Å². The van der Waals surface area contributed by atoms with Gasteiger partial charge in [0.15, 0.2) is 0 Å². The van der Waals surface area contributed by atoms with Crippen LogP contribution in [0.3, 0.4) is 0 Å². The molecule has 0 spiro atoms. The lowest BCUT2D eigenvalue weighted by atomic mass is 9.98. The first-order valence-electron chi connectivity index (χ1n) is 8.39. The van der Waals surface area contributed by atoms with E-state index in [-0.39, 0.29) is 29.8 Å². The zero-order valence-corrected chi connectivity index (χ0v) is 16.5. The first-order chi connectivity index (χ1) is 11.2. The van der Waals surface area contributed by atoms with Gasteiger partial charge in [-0.15, -0.1) is 12.4 Å². The van der Waals surface area contributed by atoms with Gasteiger partial charge in [-0.05, 0) is 51.3 Å². The Morgan fingerprint density at radius 1 is 1.28 bits per heavy atom. The fourth-order valence-electron chi connectivity index (χ4n) is 2.73. The van der Waals surface area contributed by atoms with E-state index in [1.54, 1.807) is 18.2 Å². The van der Waals surface area contributed by atoms with E-state index in [0.29, 0.717) is 29.1 Å². The van der Waals surface area contributed by atoms with Crippen LogP contribution in [0.2, 0.25) is 5.02 Å². The molecule has 0 aromatic heterocycles. The smallest absolute Gasteiger partial charge is 0.253 e. The summed E-state index contributed by atoms with van der Waals surface area (Å²) in [4.78, 5) is 24.7. The summed E-state index contributed by atoms with van der Waals surface area (Å²) in [5, 5.41) is 6.05. The monoisotopic (exact) mass is 387 g/mol. The average Bonchev–Trinajstić information content (AvgIpc) is 2.95. The maximum absolute atomic E-state index is 12.3. The summed E-state index contributed by atoms with van der Waals surface area (Å²) in [6, 6.07) is 4.89. The lowest BCUT2D eigenvalue weighted by Crippen LogP contribution is -2.48. The van der Waals surface area contributed by atoms with E-state index in [1.807, 2.05) is 20.8 Å². The van der Waals surface area contributed by atoms with Gasteiger partial charge in [0, 0.05) is 11.2 Å². The molecule has 1 aromatic rings. The highest BCUT2D eigenvalue weighted by Gasteiger charge is 2.37. The van der Waals surface area contributed by atoms with Gasteiger partial charge in [0.25, 0.3) is 5.91 Å². The minimum atomic E-state index is -0.798. The molecule has 4 N–H and O–H groups in total. The van der Waals surface area contributed by atoms with E-state index < -0.39 is 5.54 Å². The second-order valence-corrected chi connectivity index (χ2v) is 7.61. The third-order valence-corrected chi connectivity index (χ3v) is 5.07. The Balaban J connectivity index is 0.00000312. The van der Waals surface area contributed by atoms with Gasteiger partial charge in [-0.25, -0.2) is 0 Å². The molecule has 5 nitrogen and oxygen atoms in total. The molecular formula is C18H27Cl2N3O2. The summed E-state index contributed by atoms with van der Waals surface area (Å²) in [7, 11) is 0. The molecule has 2 rings (SSSR count). The second kappa shape index (κ2) is 8.39. The van der Waals surface area contributed by atoms with E-state index in [1.165, 1.54) is 0 Å². The van der Waals surface area contributed by atoms with Crippen LogP contribution in [0.25, 0.3) is 0 Å². The molecular weight excluding hydrogens is 361 g/mol. The molecule has 0 saturated heterocycles. The Kier molecular flexibility index (Phi) is 7.29. The number of carbonyl (C=O) groups excluding carboxylic acids is 2. The van der Waals surface area contributed by atoms with E-state index in [0.717, 1.165) is 19.3 Å². The van der Waals surface area contributed by atoms with Crippen LogP contribution in [0.15, 0.2) is 18.2 Å². The predicted molar refractivity (Wildman–Crippen MR) is 105 cm³/mol. The van der Waals surface area contributed by atoms with E-state index in [4.69, 9.17) is 17.3 Å². The van der Waals surface area contributed by atoms with Crippen LogP contribution in [0, 0.1) is 0 Å². The average molecular weight is 388 g/mol. The molecule has 1 fully saturated rings. The summed E-state index contributed by atoms with van der Waals surface area (Å²) in [5.41, 5.74) is 5.98. The molecule has 0 unspecified atom stereocenters. The van der Waals surface area contributed by atoms with Gasteiger partial charge in [0.1, 0.15) is 0 Å². The molecule has 140 valence electrons. The van der Waals surface area contributed by atoms with Crippen LogP contribution >= 0.6 is 24.0 Å². The number of nitrogens with two attached hydrogens (primary N) is 1. The number of rotatable bonds is 5. The molecule has 1 aromatic carbocycles. The highest BCUT2D eigenvalue weighted by molar-refractivity contribution is 6.34. The normalized spacial score (nSPS) is 16.0. The van der Waals surface area contributed by atoms with Crippen molar-refractivity contribution in [3.05, 3.63) is 28.8 Å². The Morgan fingerprint density at radius 2 is 1.88 bits per heavy atom. The van der Waals surface area contributed by atoms with Crippen molar-refractivity contribution in [3.63, 3.8) is 0 Å². The molecule has 0 bridgehead atoms. The Morgan fingerprint density at radius 3 is 2.40 bits per heavy atom. The first-order valence-corrected chi connectivity index (χ1v) is 8.77. The van der Waals surface area contributed by atoms with Crippen molar-refractivity contribution >= 4 is 41.5 Å². The SMILES string of the molecule is CCC(C)(C)NC(=O)c1ccc(NC(=O)C2(N)CCCC2)cc1Cl.Cl. The van der Waals surface area contributed by atoms with Crippen LogP contribution in [-0.2, 0) is 4.79 Å². The number of halogens is 2. The van der Waals surface area contributed by atoms with Crippen LogP contribution in [0.1, 0.15) is 63.2 Å². The molecule has 2 amide bonds. The standard InChI is InChI=1S/C18H26ClN3O2.ClH/c1-4-17(2,3)22-15(23)13-8-7-12(11-14(13)19)21-16(24)18(20)9-5-6-10-18;/h7-8,11H,4-6,9-10,20H2,1-3H3,(H,21,24)(H,22,23);1H. The minimum Gasteiger partial charge on any atom is -0.347 e. The minimum absolute atomic E-state index is 0. The Labute approximate surface area is 160 Å². The van der Waals surface area contributed by atoms with E-state index >= 15 is 0 Å². The molecule has 25 heavy (non-hydrogen) atoms. The molecule has 0 radical (unpaired) electrons. The molecule has 0 aliphatic heterocycles. The van der Waals surface area contributed by atoms with Crippen LogP contribution in [0.4, 0.5) is 5.69 Å². The summed E-state index contributed by atoms with van der Waals surface area (Å²) in [6.45, 7) is 5.91. The number of amides is 2. The van der Waals surface area contributed by atoms with Crippen molar-refractivity contribution in [1.29, 1.82) is 0 Å². The molecule has 0 atom stereocenters. The van der Waals surface area contributed by atoms with Crippen molar-refractivity contribution in [2.24, 2.45) is 5.73 Å². The second-order valence-electron chi connectivity index (χ2n) is 7.20. The maximum atomic E-state index is 12.3. The van der Waals surface area contributed by atoms with Gasteiger partial charge < -0.3 is 16.4 Å². The third kappa shape index (κ3) is 5.33. The number of carbonyl (C=O) groups is 2. The summed E-state index contributed by atoms with van der Waals surface area (Å²) < 4.78 is 0. The fraction of sp³-hybridized carbons (Fsp3) is 0.556. The summed E-state index contributed by atoms with van der Waals surface area (Å²) in [6.07, 6.45) is 4.13. The predicted octanol–water partition coefficient (Wildman–Crippen LogP) is 3.89. The lowest BCUT2D eigenvalue weighted by molar-refractivity contribution is -0.121. The third-order valence-electron chi connectivity index (χ3n) is 4.76. The van der Waals surface area contributed by atoms with Gasteiger partial charge in [0.2, 0.25) is 5.91 Å². The molecule has 1 saturated carbocycles. The van der Waals surface area contributed by atoms with E-state index in [9.17, 15) is 9.59 Å². The molecule has 7 heteroatoms. The first kappa shape index (κ1) is 21.7. The van der Waals surface area contributed by atoms with Gasteiger partial charge in [-0.2, -0.15) is 0 Å². The fourth-order valence-corrected chi connectivity index (χ4v) is 2.99. The van der Waals surface area contributed by atoms with Crippen molar-refractivity contribution in [2.75, 3.05) is 5.32 Å². The van der Waals surface area contributed by atoms with Crippen LogP contribution in [-0.4, -0.2) is 22.9 Å². The maximum Gasteiger partial charge on any atom is 0.253 e. The number of anilines is 1. The topological polar surface area (TPSA) is 84.2 Å². The Bertz CT molecular complexity index is 641. The zero-order valence-electron chi connectivity index (χ0n) is 14.9. The summed E-state index contributed by atoms with van der Waals surface area (Å²) in [5.74, 6) is -0.420. The van der Waals surface area contributed by atoms with Gasteiger partial charge in [-0.1, -0.05) is 31.4 Å². The zero-order chi connectivity index (χ0) is 18.0. The highest BCUT2D eigenvalue weighted by atomic mass is 35.5. The van der Waals surface area contributed by atoms with Crippen molar-refractivity contribution < 1.29 is 9.59 Å². The number of hydrogen-bond donors (Lipinski definition) is 3. The van der Waals surface area contributed by atoms with Crippen molar-refractivity contribution in [3.8, 4) is 0 Å². The quantitative estimate of drug-likeness (QED) is 0.716. The van der Waals surface area contributed by atoms with E-state index in [2.05, 4.69) is 10.6 Å². The molecule has 0 heterocycles. The van der Waals surface area contributed by atoms with Crippen molar-refractivity contribution in [1.82, 2.24) is 5.32 Å². The van der Waals surface area contributed by atoms with Gasteiger partial charge in [-0.3, -0.25) is 9.59 Å². The lowest BCUT2D eigenvalue weighted by Gasteiger charge is -2.25. The largest absolute Gasteiger partial charge is 0.347 e. The molecule has 1 aliphatic rings.